The Morgan fingerprint density at radius 3 is 2.63 bits per heavy atom. The SMILES string of the molecule is NC(=O)C(c1ccnc(N)n1)c1cccc(F)c1F. The summed E-state index contributed by atoms with van der Waals surface area (Å²) in [5.41, 5.74) is 10.6. The topological polar surface area (TPSA) is 94.9 Å². The highest BCUT2D eigenvalue weighted by Crippen LogP contribution is 2.26. The van der Waals surface area contributed by atoms with Gasteiger partial charge in [0.1, 0.15) is 5.92 Å². The Labute approximate surface area is 107 Å². The largest absolute Gasteiger partial charge is 0.369 e. The van der Waals surface area contributed by atoms with Gasteiger partial charge in [-0.25, -0.2) is 18.7 Å². The molecule has 0 aliphatic carbocycles. The maximum Gasteiger partial charge on any atom is 0.231 e. The van der Waals surface area contributed by atoms with Crippen molar-refractivity contribution in [3.8, 4) is 0 Å². The lowest BCUT2D eigenvalue weighted by atomic mass is 9.94. The molecule has 1 heterocycles. The first-order chi connectivity index (χ1) is 9.00. The van der Waals surface area contributed by atoms with Gasteiger partial charge in [0.25, 0.3) is 0 Å². The van der Waals surface area contributed by atoms with Crippen LogP contribution in [0.4, 0.5) is 14.7 Å². The van der Waals surface area contributed by atoms with Crippen LogP contribution in [0.5, 0.6) is 0 Å². The van der Waals surface area contributed by atoms with Crippen molar-refractivity contribution in [2.24, 2.45) is 5.73 Å². The van der Waals surface area contributed by atoms with E-state index in [4.69, 9.17) is 11.5 Å². The van der Waals surface area contributed by atoms with E-state index in [2.05, 4.69) is 9.97 Å². The van der Waals surface area contributed by atoms with Crippen LogP contribution in [0.1, 0.15) is 17.2 Å². The summed E-state index contributed by atoms with van der Waals surface area (Å²) in [6.07, 6.45) is 1.31. The second kappa shape index (κ2) is 4.97. The summed E-state index contributed by atoms with van der Waals surface area (Å²) in [6.45, 7) is 0. The van der Waals surface area contributed by atoms with Crippen molar-refractivity contribution in [2.45, 2.75) is 5.92 Å². The Hall–Kier alpha value is -2.57. The highest BCUT2D eigenvalue weighted by Gasteiger charge is 2.26. The van der Waals surface area contributed by atoms with Gasteiger partial charge in [-0.1, -0.05) is 12.1 Å². The van der Waals surface area contributed by atoms with Crippen LogP contribution in [0.2, 0.25) is 0 Å². The van der Waals surface area contributed by atoms with Gasteiger partial charge in [0.15, 0.2) is 11.6 Å². The number of carbonyl (C=O) groups excluding carboxylic acids is 1. The lowest BCUT2D eigenvalue weighted by Crippen LogP contribution is -2.24. The van der Waals surface area contributed by atoms with Crippen LogP contribution in [-0.2, 0) is 4.79 Å². The number of nitrogens with two attached hydrogens (primary N) is 2. The summed E-state index contributed by atoms with van der Waals surface area (Å²) in [6, 6.07) is 4.88. The van der Waals surface area contributed by atoms with Crippen molar-refractivity contribution < 1.29 is 13.6 Å². The number of rotatable bonds is 3. The number of halogens is 2. The third-order valence-electron chi connectivity index (χ3n) is 2.57. The van der Waals surface area contributed by atoms with E-state index in [-0.39, 0.29) is 17.2 Å². The standard InChI is InChI=1S/C12H10F2N4O/c13-7-3-1-2-6(10(7)14)9(11(15)19)8-4-5-17-12(16)18-8/h1-5,9H,(H2,15,19)(H2,16,17,18). The molecule has 1 aromatic heterocycles. The van der Waals surface area contributed by atoms with E-state index in [0.29, 0.717) is 0 Å². The third kappa shape index (κ3) is 2.49. The second-order valence-corrected chi connectivity index (χ2v) is 3.82. The summed E-state index contributed by atoms with van der Waals surface area (Å²) in [5, 5.41) is 0. The molecule has 0 spiro atoms. The van der Waals surface area contributed by atoms with Gasteiger partial charge in [0.05, 0.1) is 5.69 Å². The van der Waals surface area contributed by atoms with Gasteiger partial charge >= 0.3 is 0 Å². The van der Waals surface area contributed by atoms with E-state index in [1.165, 1.54) is 24.4 Å². The van der Waals surface area contributed by atoms with Crippen molar-refractivity contribution >= 4 is 11.9 Å². The van der Waals surface area contributed by atoms with Crippen LogP contribution < -0.4 is 11.5 Å². The monoisotopic (exact) mass is 264 g/mol. The number of primary amides is 1. The molecule has 98 valence electrons. The molecule has 0 bridgehead atoms. The Balaban J connectivity index is 2.58. The predicted molar refractivity (Wildman–Crippen MR) is 63.8 cm³/mol. The van der Waals surface area contributed by atoms with Crippen LogP contribution in [0, 0.1) is 11.6 Å². The fourth-order valence-corrected chi connectivity index (χ4v) is 1.75. The number of carbonyl (C=O) groups is 1. The van der Waals surface area contributed by atoms with Crippen molar-refractivity contribution in [1.29, 1.82) is 0 Å². The van der Waals surface area contributed by atoms with Crippen LogP contribution in [0.15, 0.2) is 30.5 Å². The molecule has 1 atom stereocenters. The first-order valence-electron chi connectivity index (χ1n) is 5.32. The molecule has 1 amide bonds. The highest BCUT2D eigenvalue weighted by molar-refractivity contribution is 5.85. The molecular weight excluding hydrogens is 254 g/mol. The fraction of sp³-hybridized carbons (Fsp3) is 0.0833. The highest BCUT2D eigenvalue weighted by atomic mass is 19.2. The zero-order valence-electron chi connectivity index (χ0n) is 9.68. The van der Waals surface area contributed by atoms with Crippen molar-refractivity contribution in [3.05, 3.63) is 53.4 Å². The van der Waals surface area contributed by atoms with Gasteiger partial charge in [0, 0.05) is 11.8 Å². The third-order valence-corrected chi connectivity index (χ3v) is 2.57. The summed E-state index contributed by atoms with van der Waals surface area (Å²) < 4.78 is 27.0. The fourth-order valence-electron chi connectivity index (χ4n) is 1.75. The molecular formula is C12H10F2N4O. The summed E-state index contributed by atoms with van der Waals surface area (Å²) in [5.74, 6) is -4.36. The number of hydrogen-bond acceptors (Lipinski definition) is 4. The number of amides is 1. The molecule has 19 heavy (non-hydrogen) atoms. The Morgan fingerprint density at radius 2 is 2.00 bits per heavy atom. The molecule has 1 unspecified atom stereocenters. The lowest BCUT2D eigenvalue weighted by Gasteiger charge is -2.14. The van der Waals surface area contributed by atoms with Crippen LogP contribution >= 0.6 is 0 Å². The van der Waals surface area contributed by atoms with E-state index in [1.807, 2.05) is 0 Å². The second-order valence-electron chi connectivity index (χ2n) is 3.82. The maximum absolute atomic E-state index is 13.7. The molecule has 0 saturated carbocycles. The number of nitrogen functional groups attached to an aromatic ring is 1. The van der Waals surface area contributed by atoms with Crippen LogP contribution in [-0.4, -0.2) is 15.9 Å². The average Bonchev–Trinajstić information content (AvgIpc) is 2.34. The first-order valence-corrected chi connectivity index (χ1v) is 5.32. The predicted octanol–water partition coefficient (Wildman–Crippen LogP) is 0.954. The van der Waals surface area contributed by atoms with Gasteiger partial charge in [0.2, 0.25) is 11.9 Å². The molecule has 0 fully saturated rings. The molecule has 1 aromatic carbocycles. The van der Waals surface area contributed by atoms with Gasteiger partial charge in [-0.3, -0.25) is 4.79 Å². The number of hydrogen-bond donors (Lipinski definition) is 2. The smallest absolute Gasteiger partial charge is 0.231 e. The minimum atomic E-state index is -1.22. The van der Waals surface area contributed by atoms with E-state index < -0.39 is 23.5 Å². The van der Waals surface area contributed by atoms with Crippen molar-refractivity contribution in [3.63, 3.8) is 0 Å². The van der Waals surface area contributed by atoms with Gasteiger partial charge in [-0.2, -0.15) is 0 Å². The number of benzene rings is 1. The van der Waals surface area contributed by atoms with Crippen LogP contribution in [0.25, 0.3) is 0 Å². The molecule has 2 rings (SSSR count). The van der Waals surface area contributed by atoms with Crippen molar-refractivity contribution in [1.82, 2.24) is 9.97 Å². The molecule has 0 aliphatic rings. The number of aromatic nitrogens is 2. The zero-order chi connectivity index (χ0) is 14.0. The lowest BCUT2D eigenvalue weighted by molar-refractivity contribution is -0.118. The molecule has 5 nitrogen and oxygen atoms in total. The van der Waals surface area contributed by atoms with E-state index in [1.54, 1.807) is 0 Å². The first kappa shape index (κ1) is 12.9. The normalized spacial score (nSPS) is 12.1. The Kier molecular flexibility index (Phi) is 3.37. The van der Waals surface area contributed by atoms with Gasteiger partial charge < -0.3 is 11.5 Å². The van der Waals surface area contributed by atoms with Crippen LogP contribution in [0.3, 0.4) is 0 Å². The minimum absolute atomic E-state index is 0.0828. The summed E-state index contributed by atoms with van der Waals surface area (Å²) >= 11 is 0. The molecule has 2 aromatic rings. The summed E-state index contributed by atoms with van der Waals surface area (Å²) in [7, 11) is 0. The zero-order valence-corrected chi connectivity index (χ0v) is 9.68. The summed E-state index contributed by atoms with van der Waals surface area (Å²) in [4.78, 5) is 19.0. The maximum atomic E-state index is 13.7. The van der Waals surface area contributed by atoms with E-state index in [9.17, 15) is 13.6 Å². The van der Waals surface area contributed by atoms with E-state index in [0.717, 1.165) is 6.07 Å². The minimum Gasteiger partial charge on any atom is -0.369 e. The Bertz CT molecular complexity index is 633. The average molecular weight is 264 g/mol. The molecule has 0 radical (unpaired) electrons. The molecule has 4 N–H and O–H groups in total. The van der Waals surface area contributed by atoms with E-state index >= 15 is 0 Å². The van der Waals surface area contributed by atoms with Gasteiger partial charge in [-0.15, -0.1) is 0 Å². The Morgan fingerprint density at radius 1 is 1.26 bits per heavy atom. The van der Waals surface area contributed by atoms with Gasteiger partial charge in [-0.05, 0) is 12.1 Å². The number of anilines is 1. The quantitative estimate of drug-likeness (QED) is 0.863. The molecule has 7 heteroatoms. The molecule has 0 saturated heterocycles. The molecule has 0 aliphatic heterocycles. The number of nitrogens with zero attached hydrogens (tertiary/aromatic N) is 2. The van der Waals surface area contributed by atoms with Crippen molar-refractivity contribution in [2.75, 3.05) is 5.73 Å².